The lowest BCUT2D eigenvalue weighted by Crippen LogP contribution is -2.12. The van der Waals surface area contributed by atoms with Crippen LogP contribution in [0.25, 0.3) is 16.0 Å². The molecule has 0 atom stereocenters. The summed E-state index contributed by atoms with van der Waals surface area (Å²) < 4.78 is 1.62. The van der Waals surface area contributed by atoms with Gasteiger partial charge in [-0.25, -0.2) is 15.5 Å². The highest BCUT2D eigenvalue weighted by atomic mass is 35.5. The predicted octanol–water partition coefficient (Wildman–Crippen LogP) is 2.38. The Morgan fingerprint density at radius 2 is 2.32 bits per heavy atom. The van der Waals surface area contributed by atoms with Gasteiger partial charge in [-0.2, -0.15) is 10.1 Å². The van der Waals surface area contributed by atoms with Crippen molar-refractivity contribution >= 4 is 39.1 Å². The van der Waals surface area contributed by atoms with Crippen LogP contribution >= 0.6 is 22.9 Å². The van der Waals surface area contributed by atoms with Crippen molar-refractivity contribution in [1.29, 1.82) is 0 Å². The largest absolute Gasteiger partial charge is 0.292 e. The maximum Gasteiger partial charge on any atom is 0.240 e. The van der Waals surface area contributed by atoms with Crippen LogP contribution in [0.1, 0.15) is 11.8 Å². The summed E-state index contributed by atoms with van der Waals surface area (Å²) >= 11 is 7.52. The van der Waals surface area contributed by atoms with E-state index in [1.54, 1.807) is 28.4 Å². The Hall–Kier alpha value is -1.70. The highest BCUT2D eigenvalue weighted by Crippen LogP contribution is 2.29. The molecule has 0 saturated carbocycles. The molecule has 0 aliphatic carbocycles. The van der Waals surface area contributed by atoms with Crippen molar-refractivity contribution < 1.29 is 0 Å². The van der Waals surface area contributed by atoms with Crippen molar-refractivity contribution in [2.24, 2.45) is 5.84 Å². The molecule has 8 heteroatoms. The number of anilines is 1. The van der Waals surface area contributed by atoms with Gasteiger partial charge in [0.1, 0.15) is 4.83 Å². The second-order valence-electron chi connectivity index (χ2n) is 3.90. The first kappa shape index (κ1) is 12.3. The molecule has 0 fully saturated rings. The molecule has 0 amide bonds. The molecular formula is C11H11ClN6S. The maximum atomic E-state index is 5.90. The van der Waals surface area contributed by atoms with E-state index in [1.807, 2.05) is 0 Å². The van der Waals surface area contributed by atoms with Crippen LogP contribution in [0.5, 0.6) is 0 Å². The number of thiophene rings is 1. The second kappa shape index (κ2) is 4.76. The van der Waals surface area contributed by atoms with Gasteiger partial charge in [-0.3, -0.25) is 5.43 Å². The number of rotatable bonds is 3. The number of hydrogen-bond acceptors (Lipinski definition) is 6. The smallest absolute Gasteiger partial charge is 0.240 e. The Morgan fingerprint density at radius 1 is 1.47 bits per heavy atom. The number of nitrogens with one attached hydrogen (secondary N) is 1. The van der Waals surface area contributed by atoms with Crippen LogP contribution in [0.4, 0.5) is 5.95 Å². The standard InChI is InChI=1S/C11H11ClN6S/c1-2-7-3-8-9(18-5-6(12)4-14-18)15-11(17-13)16-10(8)19-7/h3-5H,2,13H2,1H3,(H,15,16,17). The van der Waals surface area contributed by atoms with E-state index in [9.17, 15) is 0 Å². The van der Waals surface area contributed by atoms with E-state index in [2.05, 4.69) is 33.5 Å². The second-order valence-corrected chi connectivity index (χ2v) is 5.46. The molecule has 0 spiro atoms. The number of halogens is 1. The Bertz CT molecular complexity index is 734. The molecule has 0 radical (unpaired) electrons. The summed E-state index contributed by atoms with van der Waals surface area (Å²) in [6.45, 7) is 2.10. The molecule has 3 aromatic rings. The fraction of sp³-hybridized carbons (Fsp3) is 0.182. The number of fused-ring (bicyclic) bond motifs is 1. The SMILES string of the molecule is CCc1cc2c(-n3cc(Cl)cn3)nc(NN)nc2s1. The van der Waals surface area contributed by atoms with Crippen molar-refractivity contribution in [3.63, 3.8) is 0 Å². The molecule has 3 aromatic heterocycles. The molecule has 3 heterocycles. The maximum absolute atomic E-state index is 5.90. The topological polar surface area (TPSA) is 81.7 Å². The van der Waals surface area contributed by atoms with Crippen LogP contribution in [0.3, 0.4) is 0 Å². The summed E-state index contributed by atoms with van der Waals surface area (Å²) in [6, 6.07) is 2.07. The lowest BCUT2D eigenvalue weighted by atomic mass is 10.3. The van der Waals surface area contributed by atoms with Crippen molar-refractivity contribution in [3.8, 4) is 5.82 Å². The summed E-state index contributed by atoms with van der Waals surface area (Å²) in [5.41, 5.74) is 2.47. The van der Waals surface area contributed by atoms with Gasteiger partial charge in [-0.1, -0.05) is 18.5 Å². The third kappa shape index (κ3) is 2.16. The normalized spacial score (nSPS) is 11.1. The first-order valence-electron chi connectivity index (χ1n) is 5.69. The molecule has 0 bridgehead atoms. The van der Waals surface area contributed by atoms with Crippen molar-refractivity contribution in [2.45, 2.75) is 13.3 Å². The van der Waals surface area contributed by atoms with Crippen LogP contribution in [-0.2, 0) is 6.42 Å². The number of nitrogens with two attached hydrogens (primary N) is 1. The fourth-order valence-electron chi connectivity index (χ4n) is 1.79. The summed E-state index contributed by atoms with van der Waals surface area (Å²) in [6.07, 6.45) is 4.22. The number of hydrogen-bond donors (Lipinski definition) is 2. The van der Waals surface area contributed by atoms with Gasteiger partial charge in [-0.15, -0.1) is 11.3 Å². The van der Waals surface area contributed by atoms with Gasteiger partial charge in [0, 0.05) is 4.88 Å². The van der Waals surface area contributed by atoms with Crippen molar-refractivity contribution in [2.75, 3.05) is 5.43 Å². The molecule has 0 unspecified atom stereocenters. The third-order valence-electron chi connectivity index (χ3n) is 2.67. The van der Waals surface area contributed by atoms with Gasteiger partial charge < -0.3 is 0 Å². The zero-order valence-electron chi connectivity index (χ0n) is 10.1. The van der Waals surface area contributed by atoms with Crippen LogP contribution in [0, 0.1) is 0 Å². The Morgan fingerprint density at radius 3 is 2.95 bits per heavy atom. The van der Waals surface area contributed by atoms with E-state index in [4.69, 9.17) is 17.4 Å². The predicted molar refractivity (Wildman–Crippen MR) is 76.7 cm³/mol. The number of aryl methyl sites for hydroxylation is 1. The van der Waals surface area contributed by atoms with E-state index in [1.165, 1.54) is 4.88 Å². The summed E-state index contributed by atoms with van der Waals surface area (Å²) in [5, 5.41) is 5.68. The van der Waals surface area contributed by atoms with Crippen LogP contribution in [-0.4, -0.2) is 19.7 Å². The highest BCUT2D eigenvalue weighted by molar-refractivity contribution is 7.18. The molecule has 0 aliphatic rings. The van der Waals surface area contributed by atoms with Gasteiger partial charge in [0.15, 0.2) is 5.82 Å². The van der Waals surface area contributed by atoms with E-state index in [0.29, 0.717) is 16.8 Å². The van der Waals surface area contributed by atoms with Crippen LogP contribution < -0.4 is 11.3 Å². The first-order chi connectivity index (χ1) is 9.21. The van der Waals surface area contributed by atoms with E-state index < -0.39 is 0 Å². The zero-order valence-corrected chi connectivity index (χ0v) is 11.7. The molecule has 3 rings (SSSR count). The number of aromatic nitrogens is 4. The first-order valence-corrected chi connectivity index (χ1v) is 6.88. The third-order valence-corrected chi connectivity index (χ3v) is 4.04. The molecular weight excluding hydrogens is 284 g/mol. The molecule has 3 N–H and O–H groups in total. The Labute approximate surface area is 118 Å². The summed E-state index contributed by atoms with van der Waals surface area (Å²) in [7, 11) is 0. The average Bonchev–Trinajstić information content (AvgIpc) is 3.02. The van der Waals surface area contributed by atoms with Crippen LogP contribution in [0.2, 0.25) is 5.02 Å². The van der Waals surface area contributed by atoms with E-state index in [-0.39, 0.29) is 0 Å². The molecule has 6 nitrogen and oxygen atoms in total. The lowest BCUT2D eigenvalue weighted by Gasteiger charge is -2.04. The fourth-order valence-corrected chi connectivity index (χ4v) is 2.88. The molecule has 0 saturated heterocycles. The number of nitrogens with zero attached hydrogens (tertiary/aromatic N) is 4. The Kier molecular flexibility index (Phi) is 3.09. The van der Waals surface area contributed by atoms with Gasteiger partial charge in [0.05, 0.1) is 22.8 Å². The monoisotopic (exact) mass is 294 g/mol. The van der Waals surface area contributed by atoms with E-state index >= 15 is 0 Å². The molecule has 0 aromatic carbocycles. The zero-order chi connectivity index (χ0) is 13.4. The molecule has 98 valence electrons. The van der Waals surface area contributed by atoms with Gasteiger partial charge in [0.2, 0.25) is 5.95 Å². The molecule has 19 heavy (non-hydrogen) atoms. The lowest BCUT2D eigenvalue weighted by molar-refractivity contribution is 0.852. The average molecular weight is 295 g/mol. The minimum atomic E-state index is 0.360. The quantitative estimate of drug-likeness (QED) is 0.572. The van der Waals surface area contributed by atoms with E-state index in [0.717, 1.165) is 16.6 Å². The Balaban J connectivity index is 2.28. The minimum absolute atomic E-state index is 0.360. The highest BCUT2D eigenvalue weighted by Gasteiger charge is 2.13. The minimum Gasteiger partial charge on any atom is -0.292 e. The molecule has 0 aliphatic heterocycles. The van der Waals surface area contributed by atoms with Crippen LogP contribution in [0.15, 0.2) is 18.5 Å². The summed E-state index contributed by atoms with van der Waals surface area (Å²) in [4.78, 5) is 10.8. The van der Waals surface area contributed by atoms with Gasteiger partial charge in [0.25, 0.3) is 0 Å². The summed E-state index contributed by atoms with van der Waals surface area (Å²) in [5.74, 6) is 6.43. The number of nitrogen functional groups attached to an aromatic ring is 1. The van der Waals surface area contributed by atoms with Crippen molar-refractivity contribution in [3.05, 3.63) is 28.4 Å². The van der Waals surface area contributed by atoms with Crippen molar-refractivity contribution in [1.82, 2.24) is 19.7 Å². The van der Waals surface area contributed by atoms with Gasteiger partial charge >= 0.3 is 0 Å². The van der Waals surface area contributed by atoms with Gasteiger partial charge in [-0.05, 0) is 12.5 Å². The number of hydrazine groups is 1.